The second-order valence-electron chi connectivity index (χ2n) is 4.17. The van der Waals surface area contributed by atoms with Crippen LogP contribution in [0.15, 0.2) is 50.4 Å². The molecular weight excluding hydrogens is 384 g/mol. The lowest BCUT2D eigenvalue weighted by Gasteiger charge is -2.09. The molecule has 1 aromatic carbocycles. The molecule has 0 aliphatic rings. The van der Waals surface area contributed by atoms with Crippen LogP contribution >= 0.6 is 27.7 Å². The number of hydrogen-bond acceptors (Lipinski definition) is 6. The summed E-state index contributed by atoms with van der Waals surface area (Å²) in [7, 11) is 0. The number of thioether (sulfide) groups is 1. The number of esters is 1. The largest absolute Gasteiger partial charge is 0.450 e. The standard InChI is InChI=1S/C15H11BrN2O4S/c16-13-6-5-11(22-13)15(20)21-9-14(19)18-10-3-1-2-4-12(10)23-8-7-17/h1-6H,8-9H2,(H,18,19). The van der Waals surface area contributed by atoms with E-state index in [0.29, 0.717) is 10.4 Å². The number of benzene rings is 1. The highest BCUT2D eigenvalue weighted by molar-refractivity contribution is 9.10. The first-order chi connectivity index (χ1) is 11.1. The molecule has 0 atom stereocenters. The Balaban J connectivity index is 1.90. The maximum absolute atomic E-state index is 11.9. The highest BCUT2D eigenvalue weighted by Gasteiger charge is 2.14. The Hall–Kier alpha value is -2.24. The average molecular weight is 395 g/mol. The number of carbonyl (C=O) groups excluding carboxylic acids is 2. The van der Waals surface area contributed by atoms with E-state index in [-0.39, 0.29) is 11.5 Å². The number of ether oxygens (including phenoxy) is 1. The van der Waals surface area contributed by atoms with Crippen LogP contribution in [-0.4, -0.2) is 24.2 Å². The molecule has 0 saturated heterocycles. The molecular formula is C15H11BrN2O4S. The van der Waals surface area contributed by atoms with Gasteiger partial charge in [0.1, 0.15) is 0 Å². The smallest absolute Gasteiger partial charge is 0.374 e. The molecule has 6 nitrogen and oxygen atoms in total. The van der Waals surface area contributed by atoms with Crippen LogP contribution in [0.4, 0.5) is 5.69 Å². The molecule has 8 heteroatoms. The van der Waals surface area contributed by atoms with Gasteiger partial charge in [-0.15, -0.1) is 11.8 Å². The van der Waals surface area contributed by atoms with E-state index in [1.165, 1.54) is 17.8 Å². The van der Waals surface area contributed by atoms with E-state index in [9.17, 15) is 9.59 Å². The molecule has 0 aliphatic heterocycles. The molecule has 2 rings (SSSR count). The number of amides is 1. The van der Waals surface area contributed by atoms with Gasteiger partial charge in [0.05, 0.1) is 17.5 Å². The first kappa shape index (κ1) is 17.1. The Kier molecular flexibility index (Phi) is 6.26. The minimum Gasteiger partial charge on any atom is -0.450 e. The molecule has 0 spiro atoms. The Morgan fingerprint density at radius 3 is 2.78 bits per heavy atom. The van der Waals surface area contributed by atoms with Gasteiger partial charge in [-0.25, -0.2) is 4.79 Å². The van der Waals surface area contributed by atoms with Crippen LogP contribution in [0, 0.1) is 11.3 Å². The molecule has 0 aliphatic carbocycles. The number of halogens is 1. The summed E-state index contributed by atoms with van der Waals surface area (Å²) in [6, 6.07) is 12.1. The van der Waals surface area contributed by atoms with Crippen LogP contribution in [0.1, 0.15) is 10.6 Å². The van der Waals surface area contributed by atoms with E-state index in [2.05, 4.69) is 21.2 Å². The topological polar surface area (TPSA) is 92.3 Å². The van der Waals surface area contributed by atoms with E-state index in [0.717, 1.165) is 4.90 Å². The van der Waals surface area contributed by atoms with Crippen LogP contribution in [-0.2, 0) is 9.53 Å². The lowest BCUT2D eigenvalue weighted by Crippen LogP contribution is -2.21. The Labute approximate surface area is 144 Å². The molecule has 118 valence electrons. The van der Waals surface area contributed by atoms with E-state index in [1.807, 2.05) is 12.1 Å². The number of para-hydroxylation sites is 1. The predicted octanol–water partition coefficient (Wildman–Crippen LogP) is 3.45. The normalized spacial score (nSPS) is 9.91. The molecule has 2 aromatic rings. The summed E-state index contributed by atoms with van der Waals surface area (Å²) in [6.07, 6.45) is 0. The molecule has 1 amide bonds. The number of nitrogens with zero attached hydrogens (tertiary/aromatic N) is 1. The maximum Gasteiger partial charge on any atom is 0.374 e. The van der Waals surface area contributed by atoms with E-state index < -0.39 is 18.5 Å². The predicted molar refractivity (Wildman–Crippen MR) is 88.1 cm³/mol. The monoisotopic (exact) mass is 394 g/mol. The van der Waals surface area contributed by atoms with Gasteiger partial charge >= 0.3 is 5.97 Å². The fourth-order valence-corrected chi connectivity index (χ4v) is 2.59. The quantitative estimate of drug-likeness (QED) is 0.595. The summed E-state index contributed by atoms with van der Waals surface area (Å²) in [4.78, 5) is 24.3. The minimum atomic E-state index is -0.724. The van der Waals surface area contributed by atoms with Gasteiger partial charge in [-0.2, -0.15) is 5.26 Å². The van der Waals surface area contributed by atoms with Crippen molar-refractivity contribution >= 4 is 45.3 Å². The highest BCUT2D eigenvalue weighted by Crippen LogP contribution is 2.26. The number of nitrogens with one attached hydrogen (secondary N) is 1. The molecule has 0 bridgehead atoms. The molecule has 1 aromatic heterocycles. The minimum absolute atomic E-state index is 0.00894. The molecule has 0 fully saturated rings. The van der Waals surface area contributed by atoms with E-state index in [1.54, 1.807) is 24.3 Å². The number of anilines is 1. The van der Waals surface area contributed by atoms with Gasteiger partial charge in [-0.05, 0) is 40.2 Å². The maximum atomic E-state index is 11.9. The average Bonchev–Trinajstić information content (AvgIpc) is 2.98. The van der Waals surface area contributed by atoms with Gasteiger partial charge in [0.15, 0.2) is 11.3 Å². The van der Waals surface area contributed by atoms with E-state index in [4.69, 9.17) is 14.4 Å². The Morgan fingerprint density at radius 2 is 2.09 bits per heavy atom. The Bertz CT molecular complexity index is 754. The molecule has 0 unspecified atom stereocenters. The third kappa shape index (κ3) is 5.16. The molecule has 0 saturated carbocycles. The lowest BCUT2D eigenvalue weighted by molar-refractivity contribution is -0.119. The zero-order valence-electron chi connectivity index (χ0n) is 11.7. The molecule has 23 heavy (non-hydrogen) atoms. The summed E-state index contributed by atoms with van der Waals surface area (Å²) >= 11 is 4.38. The zero-order valence-corrected chi connectivity index (χ0v) is 14.1. The van der Waals surface area contributed by atoms with Gasteiger partial charge in [0.25, 0.3) is 5.91 Å². The van der Waals surface area contributed by atoms with Gasteiger partial charge in [0.2, 0.25) is 5.76 Å². The van der Waals surface area contributed by atoms with Crippen molar-refractivity contribution in [3.8, 4) is 6.07 Å². The van der Waals surface area contributed by atoms with Crippen LogP contribution in [0.25, 0.3) is 0 Å². The molecule has 0 radical (unpaired) electrons. The summed E-state index contributed by atoms with van der Waals surface area (Å²) in [5, 5.41) is 11.3. The van der Waals surface area contributed by atoms with Crippen molar-refractivity contribution in [2.24, 2.45) is 0 Å². The van der Waals surface area contributed by atoms with E-state index >= 15 is 0 Å². The fourth-order valence-electron chi connectivity index (χ4n) is 1.62. The van der Waals surface area contributed by atoms with Gasteiger partial charge in [0, 0.05) is 4.90 Å². The van der Waals surface area contributed by atoms with Crippen molar-refractivity contribution < 1.29 is 18.7 Å². The van der Waals surface area contributed by atoms with Gasteiger partial charge in [-0.1, -0.05) is 12.1 Å². The van der Waals surface area contributed by atoms with Crippen molar-refractivity contribution in [3.05, 3.63) is 46.8 Å². The van der Waals surface area contributed by atoms with Crippen LogP contribution < -0.4 is 5.32 Å². The summed E-state index contributed by atoms with van der Waals surface area (Å²) in [5.74, 6) is -0.920. The van der Waals surface area contributed by atoms with Crippen LogP contribution in [0.5, 0.6) is 0 Å². The zero-order chi connectivity index (χ0) is 16.7. The fraction of sp³-hybridized carbons (Fsp3) is 0.133. The van der Waals surface area contributed by atoms with Crippen molar-refractivity contribution in [3.63, 3.8) is 0 Å². The Morgan fingerprint density at radius 1 is 1.30 bits per heavy atom. The number of furan rings is 1. The summed E-state index contributed by atoms with van der Waals surface area (Å²) in [6.45, 7) is -0.436. The number of hydrogen-bond donors (Lipinski definition) is 1. The van der Waals surface area contributed by atoms with Crippen molar-refractivity contribution in [2.45, 2.75) is 4.90 Å². The van der Waals surface area contributed by atoms with Crippen molar-refractivity contribution in [1.29, 1.82) is 5.26 Å². The third-order valence-electron chi connectivity index (χ3n) is 2.56. The summed E-state index contributed by atoms with van der Waals surface area (Å²) < 4.78 is 10.3. The molecule has 1 heterocycles. The first-order valence-electron chi connectivity index (χ1n) is 6.41. The molecule has 1 N–H and O–H groups in total. The van der Waals surface area contributed by atoms with Crippen LogP contribution in [0.3, 0.4) is 0 Å². The third-order valence-corrected chi connectivity index (χ3v) is 3.93. The second kappa shape index (κ2) is 8.41. The van der Waals surface area contributed by atoms with Crippen molar-refractivity contribution in [1.82, 2.24) is 0 Å². The lowest BCUT2D eigenvalue weighted by atomic mass is 10.3. The summed E-state index contributed by atoms with van der Waals surface area (Å²) in [5.41, 5.74) is 0.564. The van der Waals surface area contributed by atoms with Gasteiger partial charge < -0.3 is 14.5 Å². The van der Waals surface area contributed by atoms with Crippen LogP contribution in [0.2, 0.25) is 0 Å². The van der Waals surface area contributed by atoms with Gasteiger partial charge in [-0.3, -0.25) is 4.79 Å². The number of carbonyl (C=O) groups is 2. The number of nitriles is 1. The van der Waals surface area contributed by atoms with Crippen molar-refractivity contribution in [2.75, 3.05) is 17.7 Å². The first-order valence-corrected chi connectivity index (χ1v) is 8.19. The SMILES string of the molecule is N#CCSc1ccccc1NC(=O)COC(=O)c1ccc(Br)o1. The highest BCUT2D eigenvalue weighted by atomic mass is 79.9. The second-order valence-corrected chi connectivity index (χ2v) is 5.97. The number of rotatable bonds is 6.